The van der Waals surface area contributed by atoms with Gasteiger partial charge in [0.25, 0.3) is 0 Å². The zero-order valence-electron chi connectivity index (χ0n) is 3.89. The molecule has 0 amide bonds. The van der Waals surface area contributed by atoms with Crippen LogP contribution in [0.3, 0.4) is 0 Å². The van der Waals surface area contributed by atoms with Crippen molar-refractivity contribution >= 4 is 15.9 Å². The predicted molar refractivity (Wildman–Crippen MR) is 30.8 cm³/mol. The first kappa shape index (κ1) is 8.25. The number of aromatic nitrogens is 1. The minimum atomic E-state index is 0. The van der Waals surface area contributed by atoms with Crippen LogP contribution in [0.15, 0.2) is 22.8 Å². The van der Waals surface area contributed by atoms with E-state index >= 15 is 0 Å². The van der Waals surface area contributed by atoms with E-state index in [0.717, 1.165) is 4.60 Å². The summed E-state index contributed by atoms with van der Waals surface area (Å²) in [6, 6.07) is 5.48. The maximum Gasteiger partial charge on any atom is 2.00 e. The van der Waals surface area contributed by atoms with Crippen molar-refractivity contribution in [3.8, 4) is 0 Å². The first-order chi connectivity index (χ1) is 3.39. The van der Waals surface area contributed by atoms with Crippen molar-refractivity contribution in [3.05, 3.63) is 29.0 Å². The number of hydrogen-bond acceptors (Lipinski definition) is 1. The molecule has 1 rings (SSSR count). The Morgan fingerprint density at radius 1 is 1.62 bits per heavy atom. The van der Waals surface area contributed by atoms with Crippen molar-refractivity contribution in [1.29, 1.82) is 0 Å². The minimum absolute atomic E-state index is 0. The second-order valence-electron chi connectivity index (χ2n) is 1.09. The Morgan fingerprint density at radius 2 is 2.38 bits per heavy atom. The van der Waals surface area contributed by atoms with Gasteiger partial charge < -0.3 is 4.98 Å². The maximum atomic E-state index is 3.77. The van der Waals surface area contributed by atoms with E-state index in [1.807, 2.05) is 12.1 Å². The molecule has 0 unspecified atom stereocenters. The van der Waals surface area contributed by atoms with E-state index in [1.54, 1.807) is 6.07 Å². The number of nitrogens with zero attached hydrogens (tertiary/aromatic N) is 1. The maximum absolute atomic E-state index is 3.77. The van der Waals surface area contributed by atoms with Crippen LogP contribution in [0.1, 0.15) is 0 Å². The van der Waals surface area contributed by atoms with Gasteiger partial charge in [-0.25, -0.2) is 0 Å². The molecule has 0 saturated carbocycles. The molecule has 0 fully saturated rings. The Bertz CT molecular complexity index is 142. The summed E-state index contributed by atoms with van der Waals surface area (Å²) in [6.07, 6.45) is 2.66. The summed E-state index contributed by atoms with van der Waals surface area (Å²) >= 11 is 3.17. The van der Waals surface area contributed by atoms with Crippen molar-refractivity contribution in [2.45, 2.75) is 0 Å². The summed E-state index contributed by atoms with van der Waals surface area (Å²) in [4.78, 5) is 3.77. The number of pyridine rings is 1. The smallest absolute Gasteiger partial charge is 0.380 e. The fourth-order valence-electron chi connectivity index (χ4n) is 0.307. The summed E-state index contributed by atoms with van der Waals surface area (Å²) in [5.74, 6) is 0. The summed E-state index contributed by atoms with van der Waals surface area (Å²) < 4.78 is 0.829. The van der Waals surface area contributed by atoms with Gasteiger partial charge >= 0.3 is 19.5 Å². The van der Waals surface area contributed by atoms with Crippen molar-refractivity contribution in [1.82, 2.24) is 4.98 Å². The molecule has 1 aromatic rings. The molecule has 0 spiro atoms. The summed E-state index contributed by atoms with van der Waals surface area (Å²) in [5.41, 5.74) is 0. The van der Waals surface area contributed by atoms with E-state index in [9.17, 15) is 0 Å². The molecular formula is C5H3BrNRh+. The van der Waals surface area contributed by atoms with Gasteiger partial charge in [-0.15, -0.1) is 22.0 Å². The van der Waals surface area contributed by atoms with Gasteiger partial charge in [-0.05, 0) is 4.60 Å². The van der Waals surface area contributed by atoms with Crippen LogP contribution in [-0.2, 0) is 19.5 Å². The molecule has 0 aromatic carbocycles. The third-order valence-electron chi connectivity index (χ3n) is 0.576. The molecule has 0 N–H and O–H groups in total. The molecule has 0 aliphatic carbocycles. The standard InChI is InChI=1S/C5H3BrN.Rh/c6-5-3-1-2-4-7-5;/h1-3H;/q-1;+2. The summed E-state index contributed by atoms with van der Waals surface area (Å²) in [5, 5.41) is 0. The second kappa shape index (κ2) is 4.16. The molecule has 0 bridgehead atoms. The normalized spacial score (nSPS) is 7.62. The quantitative estimate of drug-likeness (QED) is 0.392. The van der Waals surface area contributed by atoms with E-state index in [-0.39, 0.29) is 19.5 Å². The Hall–Kier alpha value is 0.253. The summed E-state index contributed by atoms with van der Waals surface area (Å²) in [6.45, 7) is 0. The number of rotatable bonds is 0. The van der Waals surface area contributed by atoms with Gasteiger partial charge in [0.1, 0.15) is 0 Å². The van der Waals surface area contributed by atoms with Gasteiger partial charge in [0, 0.05) is 0 Å². The molecule has 8 heavy (non-hydrogen) atoms. The van der Waals surface area contributed by atoms with Crippen LogP contribution < -0.4 is 0 Å². The second-order valence-corrected chi connectivity index (χ2v) is 1.90. The molecule has 43 valence electrons. The van der Waals surface area contributed by atoms with E-state index in [2.05, 4.69) is 27.1 Å². The van der Waals surface area contributed by atoms with Crippen LogP contribution in [0.5, 0.6) is 0 Å². The van der Waals surface area contributed by atoms with Crippen molar-refractivity contribution in [2.75, 3.05) is 0 Å². The first-order valence-electron chi connectivity index (χ1n) is 1.88. The van der Waals surface area contributed by atoms with Crippen LogP contribution in [-0.4, -0.2) is 4.98 Å². The van der Waals surface area contributed by atoms with E-state index in [1.165, 1.54) is 0 Å². The molecular weight excluding hydrogens is 257 g/mol. The van der Waals surface area contributed by atoms with Gasteiger partial charge in [-0.1, -0.05) is 6.20 Å². The first-order valence-corrected chi connectivity index (χ1v) is 2.67. The van der Waals surface area contributed by atoms with Gasteiger partial charge in [0.2, 0.25) is 0 Å². The molecule has 3 heteroatoms. The van der Waals surface area contributed by atoms with E-state index in [0.29, 0.717) is 0 Å². The van der Waals surface area contributed by atoms with Crippen LogP contribution in [0.2, 0.25) is 0 Å². The van der Waals surface area contributed by atoms with Crippen LogP contribution >= 0.6 is 15.9 Å². The fourth-order valence-corrected chi connectivity index (χ4v) is 0.562. The molecule has 1 radical (unpaired) electrons. The van der Waals surface area contributed by atoms with Crippen LogP contribution in [0, 0.1) is 6.20 Å². The predicted octanol–water partition coefficient (Wildman–Crippen LogP) is 1.64. The largest absolute Gasteiger partial charge is 2.00 e. The molecule has 1 aromatic heterocycles. The van der Waals surface area contributed by atoms with Crippen molar-refractivity contribution in [2.24, 2.45) is 0 Å². The third kappa shape index (κ3) is 2.53. The third-order valence-corrected chi connectivity index (χ3v) is 1.02. The average molecular weight is 260 g/mol. The fraction of sp³-hybridized carbons (Fsp3) is 0. The SMILES string of the molecule is Brc1ccc[c-]n1.[Rh+2]. The number of hydrogen-bond donors (Lipinski definition) is 0. The zero-order valence-corrected chi connectivity index (χ0v) is 7.12. The Kier molecular flexibility index (Phi) is 4.30. The topological polar surface area (TPSA) is 12.9 Å². The molecule has 1 heterocycles. The van der Waals surface area contributed by atoms with Gasteiger partial charge in [-0.2, -0.15) is 12.1 Å². The van der Waals surface area contributed by atoms with Crippen LogP contribution in [0.4, 0.5) is 0 Å². The van der Waals surface area contributed by atoms with Gasteiger partial charge in [0.05, 0.1) is 0 Å². The van der Waals surface area contributed by atoms with E-state index < -0.39 is 0 Å². The molecule has 0 aliphatic rings. The van der Waals surface area contributed by atoms with Crippen molar-refractivity contribution in [3.63, 3.8) is 0 Å². The average Bonchev–Trinajstić information content (AvgIpc) is 1.69. The molecule has 0 saturated heterocycles. The Balaban J connectivity index is 0.000000490. The van der Waals surface area contributed by atoms with Crippen LogP contribution in [0.25, 0.3) is 0 Å². The molecule has 0 atom stereocenters. The molecule has 1 nitrogen and oxygen atoms in total. The van der Waals surface area contributed by atoms with E-state index in [4.69, 9.17) is 0 Å². The van der Waals surface area contributed by atoms with Gasteiger partial charge in [0.15, 0.2) is 0 Å². The zero-order chi connectivity index (χ0) is 5.11. The molecule has 0 aliphatic heterocycles. The van der Waals surface area contributed by atoms with Crippen molar-refractivity contribution < 1.29 is 19.5 Å². The Labute approximate surface area is 69.4 Å². The summed E-state index contributed by atoms with van der Waals surface area (Å²) in [7, 11) is 0. The minimum Gasteiger partial charge on any atom is -0.380 e. The Morgan fingerprint density at radius 3 is 2.62 bits per heavy atom. The number of halogens is 1. The monoisotopic (exact) mass is 259 g/mol. The van der Waals surface area contributed by atoms with Gasteiger partial charge in [-0.3, -0.25) is 0 Å².